The van der Waals surface area contributed by atoms with Gasteiger partial charge in [0.05, 0.1) is 12.2 Å². The van der Waals surface area contributed by atoms with Gasteiger partial charge in [0, 0.05) is 31.4 Å². The first-order valence-electron chi connectivity index (χ1n) is 7.40. The number of rotatable bonds is 5. The fourth-order valence-electron chi connectivity index (χ4n) is 2.38. The molecule has 1 N–H and O–H groups in total. The average molecular weight is 310 g/mol. The summed E-state index contributed by atoms with van der Waals surface area (Å²) in [5, 5.41) is 4.05. The van der Waals surface area contributed by atoms with Crippen molar-refractivity contribution in [2.45, 2.75) is 19.4 Å². The third-order valence-electron chi connectivity index (χ3n) is 3.77. The van der Waals surface area contributed by atoms with Crippen molar-refractivity contribution in [3.63, 3.8) is 0 Å². The largest absolute Gasteiger partial charge is 0.351 e. The smallest absolute Gasteiger partial charge is 0.292 e. The quantitative estimate of drug-likeness (QED) is 0.786. The molecule has 0 fully saturated rings. The third-order valence-corrected chi connectivity index (χ3v) is 3.77. The van der Waals surface area contributed by atoms with Gasteiger partial charge in [0.1, 0.15) is 5.82 Å². The predicted molar refractivity (Wildman–Crippen MR) is 84.8 cm³/mol. The topological polar surface area (TPSA) is 75.0 Å². The Balaban J connectivity index is 1.72. The van der Waals surface area contributed by atoms with Gasteiger partial charge >= 0.3 is 0 Å². The van der Waals surface area contributed by atoms with Crippen LogP contribution < -0.4 is 0 Å². The normalized spacial score (nSPS) is 12.1. The molecule has 1 amide bonds. The molecule has 0 unspecified atom stereocenters. The van der Waals surface area contributed by atoms with Gasteiger partial charge in [0.2, 0.25) is 5.76 Å². The van der Waals surface area contributed by atoms with Gasteiger partial charge in [-0.05, 0) is 5.56 Å². The first-order chi connectivity index (χ1) is 11.1. The minimum absolute atomic E-state index is 0.0666. The number of carbonyl (C=O) groups is 1. The lowest BCUT2D eigenvalue weighted by molar-refractivity contribution is 0.0740. The minimum Gasteiger partial charge on any atom is -0.351 e. The molecule has 0 aliphatic heterocycles. The molecule has 1 atom stereocenters. The van der Waals surface area contributed by atoms with Gasteiger partial charge in [-0.15, -0.1) is 0 Å². The van der Waals surface area contributed by atoms with Crippen LogP contribution in [-0.4, -0.2) is 33.0 Å². The Morgan fingerprint density at radius 3 is 2.83 bits per heavy atom. The van der Waals surface area contributed by atoms with E-state index in [0.29, 0.717) is 6.54 Å². The highest BCUT2D eigenvalue weighted by Crippen LogP contribution is 2.23. The zero-order valence-electron chi connectivity index (χ0n) is 13.1. The van der Waals surface area contributed by atoms with E-state index in [2.05, 4.69) is 15.1 Å². The van der Waals surface area contributed by atoms with Crippen LogP contribution in [0, 0.1) is 0 Å². The maximum absolute atomic E-state index is 12.4. The number of aromatic amines is 1. The summed E-state index contributed by atoms with van der Waals surface area (Å²) in [6, 6.07) is 11.7. The number of aromatic nitrogens is 3. The van der Waals surface area contributed by atoms with Crippen LogP contribution in [0.5, 0.6) is 0 Å². The van der Waals surface area contributed by atoms with Crippen LogP contribution >= 0.6 is 0 Å². The molecule has 3 aromatic rings. The minimum atomic E-state index is -0.222. The summed E-state index contributed by atoms with van der Waals surface area (Å²) in [7, 11) is 1.70. The molecule has 0 spiro atoms. The van der Waals surface area contributed by atoms with Crippen LogP contribution in [-0.2, 0) is 6.54 Å². The molecule has 0 saturated heterocycles. The van der Waals surface area contributed by atoms with Gasteiger partial charge < -0.3 is 14.4 Å². The lowest BCUT2D eigenvalue weighted by atomic mass is 9.98. The van der Waals surface area contributed by atoms with Crippen molar-refractivity contribution in [1.29, 1.82) is 0 Å². The van der Waals surface area contributed by atoms with Gasteiger partial charge in [-0.25, -0.2) is 4.98 Å². The highest BCUT2D eigenvalue weighted by molar-refractivity contribution is 5.91. The third kappa shape index (κ3) is 3.31. The summed E-state index contributed by atoms with van der Waals surface area (Å²) in [6.45, 7) is 2.42. The molecular weight excluding hydrogens is 292 g/mol. The first-order valence-corrected chi connectivity index (χ1v) is 7.40. The van der Waals surface area contributed by atoms with Crippen molar-refractivity contribution < 1.29 is 9.32 Å². The Kier molecular flexibility index (Phi) is 4.23. The van der Waals surface area contributed by atoms with E-state index in [4.69, 9.17) is 4.52 Å². The monoisotopic (exact) mass is 310 g/mol. The van der Waals surface area contributed by atoms with E-state index in [1.165, 1.54) is 4.90 Å². The van der Waals surface area contributed by atoms with E-state index >= 15 is 0 Å². The van der Waals surface area contributed by atoms with Crippen molar-refractivity contribution in [2.24, 2.45) is 0 Å². The first kappa shape index (κ1) is 15.0. The lowest BCUT2D eigenvalue weighted by Crippen LogP contribution is -2.26. The standard InChI is InChI=1S/C17H18N4O2/c1-12(13-6-4-3-5-7-13)14-10-15(23-20-14)17(22)21(2)11-16-18-8-9-19-16/h3-10,12H,11H2,1-2H3,(H,18,19)/t12-/m1/s1. The second kappa shape index (κ2) is 6.48. The molecule has 118 valence electrons. The molecule has 0 aliphatic carbocycles. The number of amides is 1. The number of imidazole rings is 1. The zero-order chi connectivity index (χ0) is 16.2. The number of H-pyrrole nitrogens is 1. The van der Waals surface area contributed by atoms with Crippen LogP contribution in [0.1, 0.15) is 40.5 Å². The number of carbonyl (C=O) groups excluding carboxylic acids is 1. The van der Waals surface area contributed by atoms with E-state index in [9.17, 15) is 4.79 Å². The zero-order valence-corrected chi connectivity index (χ0v) is 13.1. The molecule has 2 aromatic heterocycles. The molecule has 0 aliphatic rings. The Morgan fingerprint density at radius 1 is 1.35 bits per heavy atom. The highest BCUT2D eigenvalue weighted by atomic mass is 16.5. The van der Waals surface area contributed by atoms with Crippen molar-refractivity contribution in [1.82, 2.24) is 20.0 Å². The molecule has 0 bridgehead atoms. The van der Waals surface area contributed by atoms with Crippen molar-refractivity contribution in [3.8, 4) is 0 Å². The van der Waals surface area contributed by atoms with Crippen molar-refractivity contribution in [3.05, 3.63) is 71.6 Å². The molecular formula is C17H18N4O2. The van der Waals surface area contributed by atoms with Gasteiger partial charge in [-0.1, -0.05) is 42.4 Å². The van der Waals surface area contributed by atoms with E-state index < -0.39 is 0 Å². The van der Waals surface area contributed by atoms with Crippen molar-refractivity contribution in [2.75, 3.05) is 7.05 Å². The summed E-state index contributed by atoms with van der Waals surface area (Å²) in [5.74, 6) is 0.798. The van der Waals surface area contributed by atoms with Gasteiger partial charge in [-0.3, -0.25) is 4.79 Å². The maximum atomic E-state index is 12.4. The number of benzene rings is 1. The van der Waals surface area contributed by atoms with Gasteiger partial charge in [0.15, 0.2) is 0 Å². The fourth-order valence-corrected chi connectivity index (χ4v) is 2.38. The molecule has 1 aromatic carbocycles. The van der Waals surface area contributed by atoms with Crippen molar-refractivity contribution >= 4 is 5.91 Å². The van der Waals surface area contributed by atoms with Crippen LogP contribution in [0.25, 0.3) is 0 Å². The van der Waals surface area contributed by atoms with E-state index in [0.717, 1.165) is 17.1 Å². The van der Waals surface area contributed by atoms with Gasteiger partial charge in [-0.2, -0.15) is 0 Å². The highest BCUT2D eigenvalue weighted by Gasteiger charge is 2.21. The van der Waals surface area contributed by atoms with Crippen LogP contribution in [0.2, 0.25) is 0 Å². The summed E-state index contributed by atoms with van der Waals surface area (Å²) in [5.41, 5.74) is 1.87. The maximum Gasteiger partial charge on any atom is 0.292 e. The van der Waals surface area contributed by atoms with Gasteiger partial charge in [0.25, 0.3) is 5.91 Å². The SMILES string of the molecule is C[C@H](c1ccccc1)c1cc(C(=O)N(C)Cc2ncc[nH]2)on1. The predicted octanol–water partition coefficient (Wildman–Crippen LogP) is 2.82. The molecule has 6 heteroatoms. The Bertz CT molecular complexity index is 765. The Labute approximate surface area is 134 Å². The molecule has 2 heterocycles. The number of nitrogens with zero attached hydrogens (tertiary/aromatic N) is 3. The number of nitrogens with one attached hydrogen (secondary N) is 1. The summed E-state index contributed by atoms with van der Waals surface area (Å²) in [4.78, 5) is 21.0. The molecule has 6 nitrogen and oxygen atoms in total. The van der Waals surface area contributed by atoms with Crippen LogP contribution in [0.3, 0.4) is 0 Å². The van der Waals surface area contributed by atoms with E-state index in [1.807, 2.05) is 37.3 Å². The number of hydrogen-bond acceptors (Lipinski definition) is 4. The summed E-state index contributed by atoms with van der Waals surface area (Å²) >= 11 is 0. The summed E-state index contributed by atoms with van der Waals surface area (Å²) < 4.78 is 5.24. The molecule has 0 radical (unpaired) electrons. The lowest BCUT2D eigenvalue weighted by Gasteiger charge is -2.13. The second-order valence-corrected chi connectivity index (χ2v) is 5.45. The fraction of sp³-hybridized carbons (Fsp3) is 0.235. The van der Waals surface area contributed by atoms with E-state index in [1.54, 1.807) is 25.5 Å². The Morgan fingerprint density at radius 2 is 2.13 bits per heavy atom. The number of hydrogen-bond donors (Lipinski definition) is 1. The second-order valence-electron chi connectivity index (χ2n) is 5.45. The molecule has 0 saturated carbocycles. The average Bonchev–Trinajstić information content (AvgIpc) is 3.26. The molecule has 23 heavy (non-hydrogen) atoms. The van der Waals surface area contributed by atoms with E-state index in [-0.39, 0.29) is 17.6 Å². The van der Waals surface area contributed by atoms with Crippen LogP contribution in [0.4, 0.5) is 0 Å². The Hall–Kier alpha value is -2.89. The van der Waals surface area contributed by atoms with Crippen LogP contribution in [0.15, 0.2) is 53.3 Å². The molecule has 3 rings (SSSR count). The summed E-state index contributed by atoms with van der Waals surface area (Å²) in [6.07, 6.45) is 3.38.